The molecule has 29 heteroatoms. The van der Waals surface area contributed by atoms with E-state index in [0.29, 0.717) is 5.32 Å². The number of ether oxygens (including phenoxy) is 3. The van der Waals surface area contributed by atoms with E-state index >= 15 is 0 Å². The number of carbonyl (C=O) groups is 4. The maximum absolute atomic E-state index is 13.4. The smallest absolute Gasteiger partial charge is 0.441 e. The van der Waals surface area contributed by atoms with Crippen molar-refractivity contribution >= 4 is 23.8 Å². The van der Waals surface area contributed by atoms with Crippen LogP contribution in [0.1, 0.15) is 5.56 Å². The maximum atomic E-state index is 13.4. The molecule has 0 fully saturated rings. The number of hydrogen-bond acceptors (Lipinski definition) is 7. The largest absolute Gasteiger partial charge is 0.465 e. The van der Waals surface area contributed by atoms with Gasteiger partial charge in [-0.1, -0.05) is 6.07 Å². The summed E-state index contributed by atoms with van der Waals surface area (Å²) in [5.41, 5.74) is -1.45. The Kier molecular flexibility index (Phi) is 12.0. The first kappa shape index (κ1) is 43.7. The highest BCUT2D eigenvalue weighted by atomic mass is 19.4. The van der Waals surface area contributed by atoms with Gasteiger partial charge in [-0.3, -0.25) is 4.79 Å². The fourth-order valence-electron chi connectivity index (χ4n) is 2.73. The molecule has 0 aliphatic heterocycles. The molecule has 8 nitrogen and oxygen atoms in total. The molecule has 1 amide bonds. The fraction of sp³-hybridized carbons (Fsp3) is 0.524. The van der Waals surface area contributed by atoms with E-state index in [9.17, 15) is 111 Å². The summed E-state index contributed by atoms with van der Waals surface area (Å²) in [5, 5.41) is 0.304. The van der Waals surface area contributed by atoms with Gasteiger partial charge in [0.1, 0.15) is 6.04 Å². The summed E-state index contributed by atoms with van der Waals surface area (Å²) in [6.45, 7) is 0. The number of benzene rings is 1. The molecule has 1 aromatic carbocycles. The number of hydrogen-bond donors (Lipinski definition) is 1. The topological polar surface area (TPSA) is 108 Å². The number of esters is 3. The van der Waals surface area contributed by atoms with Crippen molar-refractivity contribution in [3.05, 3.63) is 23.8 Å². The van der Waals surface area contributed by atoms with Crippen LogP contribution in [0.3, 0.4) is 0 Å². The van der Waals surface area contributed by atoms with Gasteiger partial charge in [0.2, 0.25) is 0 Å². The normalized spacial score (nSPS) is 14.6. The first-order valence-corrected chi connectivity index (χ1v) is 11.4. The molecule has 0 aromatic heterocycles. The average molecular weight is 785 g/mol. The van der Waals surface area contributed by atoms with Crippen LogP contribution in [0.15, 0.2) is 18.2 Å². The van der Waals surface area contributed by atoms with Crippen molar-refractivity contribution in [1.29, 1.82) is 0 Å². The zero-order valence-corrected chi connectivity index (χ0v) is 22.4. The van der Waals surface area contributed by atoms with E-state index in [1.807, 2.05) is 0 Å². The van der Waals surface area contributed by atoms with Crippen LogP contribution in [-0.4, -0.2) is 84.6 Å². The third kappa shape index (κ3) is 9.87. The van der Waals surface area contributed by atoms with Crippen molar-refractivity contribution in [2.75, 3.05) is 0 Å². The van der Waals surface area contributed by atoms with Crippen molar-refractivity contribution in [3.63, 3.8) is 0 Å². The third-order valence-electron chi connectivity index (χ3n) is 5.14. The molecule has 0 bridgehead atoms. The second kappa shape index (κ2) is 13.7. The zero-order valence-electron chi connectivity index (χ0n) is 22.4. The third-order valence-corrected chi connectivity index (χ3v) is 5.14. The molecule has 1 rings (SSSR count). The summed E-state index contributed by atoms with van der Waals surface area (Å²) >= 11 is 0. The Morgan fingerprint density at radius 2 is 0.940 bits per heavy atom. The van der Waals surface area contributed by atoms with Crippen LogP contribution < -0.4 is 14.8 Å². The summed E-state index contributed by atoms with van der Waals surface area (Å²) in [4.78, 5) is 46.6. The first-order valence-electron chi connectivity index (χ1n) is 11.4. The number of amides is 1. The molecule has 286 valence electrons. The molecule has 50 heavy (non-hydrogen) atoms. The van der Waals surface area contributed by atoms with Gasteiger partial charge in [0, 0.05) is 6.42 Å². The van der Waals surface area contributed by atoms with E-state index in [0.717, 1.165) is 0 Å². The fourth-order valence-corrected chi connectivity index (χ4v) is 2.73. The number of nitrogens with one attached hydrogen (secondary N) is 1. The molecule has 0 aliphatic carbocycles. The van der Waals surface area contributed by atoms with Crippen molar-refractivity contribution in [2.45, 2.75) is 67.2 Å². The van der Waals surface area contributed by atoms with E-state index in [1.54, 1.807) is 0 Å². The van der Waals surface area contributed by atoms with Crippen molar-refractivity contribution in [3.8, 4) is 11.5 Å². The Hall–Kier alpha value is -4.37. The molecule has 0 aliphatic rings. The van der Waals surface area contributed by atoms with Crippen LogP contribution in [0, 0.1) is 0 Å². The van der Waals surface area contributed by atoms with E-state index in [4.69, 9.17) is 0 Å². The second-order valence-corrected chi connectivity index (χ2v) is 8.91. The zero-order chi connectivity index (χ0) is 39.9. The van der Waals surface area contributed by atoms with Crippen molar-refractivity contribution in [2.24, 2.45) is 0 Å². The highest BCUT2D eigenvalue weighted by molar-refractivity contribution is 5.89. The Labute approximate surface area is 258 Å². The molecule has 0 saturated carbocycles. The number of alkyl halides is 21. The van der Waals surface area contributed by atoms with Gasteiger partial charge < -0.3 is 19.5 Å². The van der Waals surface area contributed by atoms with Gasteiger partial charge in [-0.2, -0.15) is 92.2 Å². The van der Waals surface area contributed by atoms with Crippen molar-refractivity contribution in [1.82, 2.24) is 5.32 Å². The minimum Gasteiger partial charge on any atom is -0.441 e. The summed E-state index contributed by atoms with van der Waals surface area (Å²) < 4.78 is 280. The molecule has 1 aromatic rings. The Balaban J connectivity index is 3.84. The van der Waals surface area contributed by atoms with Gasteiger partial charge >= 0.3 is 72.5 Å². The molecule has 1 unspecified atom stereocenters. The predicted molar refractivity (Wildman–Crippen MR) is 108 cm³/mol. The maximum Gasteiger partial charge on any atom is 0.465 e. The average Bonchev–Trinajstić information content (AvgIpc) is 2.88. The first-order chi connectivity index (χ1) is 21.9. The molecule has 0 radical (unpaired) electrons. The standard InChI is InChI=1S/C21H8F21NO7/c22-14(23,19(34,35)36)11(45)43-6(9(44)50-10(17(28,29)30)18(31,32)33)3-5-1-2-7(48-12(46)15(24,25)20(37,38)39)8(4-5)49-13(47)16(26,27)21(40,41)42/h1-2,4,6,10H,3H2,(H,43,45). The van der Waals surface area contributed by atoms with Gasteiger partial charge in [0.25, 0.3) is 6.10 Å². The Bertz CT molecular complexity index is 1430. The molecule has 0 saturated heterocycles. The van der Waals surface area contributed by atoms with Crippen LogP contribution in [0.5, 0.6) is 11.5 Å². The van der Waals surface area contributed by atoms with E-state index in [1.165, 1.54) is 0 Å². The van der Waals surface area contributed by atoms with Crippen LogP contribution in [0.25, 0.3) is 0 Å². The van der Waals surface area contributed by atoms with Crippen LogP contribution in [0.4, 0.5) is 92.2 Å². The number of carbonyl (C=O) groups excluding carboxylic acids is 4. The monoisotopic (exact) mass is 785 g/mol. The molecule has 0 heterocycles. The highest BCUT2D eigenvalue weighted by Crippen LogP contribution is 2.42. The van der Waals surface area contributed by atoms with E-state index in [2.05, 4.69) is 14.2 Å². The van der Waals surface area contributed by atoms with Crippen LogP contribution >= 0.6 is 0 Å². The molecular weight excluding hydrogens is 777 g/mol. The molecular formula is C21H8F21NO7. The summed E-state index contributed by atoms with van der Waals surface area (Å²) in [6.07, 6.45) is -41.2. The lowest BCUT2D eigenvalue weighted by Gasteiger charge is -2.27. The predicted octanol–water partition coefficient (Wildman–Crippen LogP) is 6.15. The van der Waals surface area contributed by atoms with Gasteiger partial charge in [-0.25, -0.2) is 14.4 Å². The summed E-state index contributed by atoms with van der Waals surface area (Å²) in [7, 11) is 0. The number of halogens is 21. The van der Waals surface area contributed by atoms with Crippen molar-refractivity contribution < 1.29 is 126 Å². The Morgan fingerprint density at radius 1 is 0.560 bits per heavy atom. The van der Waals surface area contributed by atoms with E-state index < -0.39 is 114 Å². The number of rotatable bonds is 10. The lowest BCUT2D eigenvalue weighted by molar-refractivity contribution is -0.313. The highest BCUT2D eigenvalue weighted by Gasteiger charge is 2.67. The lowest BCUT2D eigenvalue weighted by Crippen LogP contribution is -2.56. The SMILES string of the molecule is O=C(OC(C(F)(F)F)C(F)(F)F)C(Cc1ccc(OC(=O)C(F)(F)C(F)(F)F)c(OC(=O)C(F)(F)C(F)(F)F)c1)NC(=O)C(F)(F)C(F)(F)F. The summed E-state index contributed by atoms with van der Waals surface area (Å²) in [6, 6.07) is -4.52. The summed E-state index contributed by atoms with van der Waals surface area (Å²) in [5.74, 6) is -38.8. The Morgan fingerprint density at radius 3 is 1.30 bits per heavy atom. The van der Waals surface area contributed by atoms with Crippen LogP contribution in [-0.2, 0) is 30.3 Å². The molecule has 1 atom stereocenters. The molecule has 0 spiro atoms. The molecule has 1 N–H and O–H groups in total. The van der Waals surface area contributed by atoms with Gasteiger partial charge in [0.15, 0.2) is 11.5 Å². The van der Waals surface area contributed by atoms with Gasteiger partial charge in [0.05, 0.1) is 0 Å². The van der Waals surface area contributed by atoms with Gasteiger partial charge in [-0.05, 0) is 17.7 Å². The quantitative estimate of drug-likeness (QED) is 0.172. The minimum absolute atomic E-state index is 0.0765. The van der Waals surface area contributed by atoms with Gasteiger partial charge in [-0.15, -0.1) is 0 Å². The minimum atomic E-state index is -6.90. The second-order valence-electron chi connectivity index (χ2n) is 8.91. The lowest BCUT2D eigenvalue weighted by atomic mass is 10.0. The van der Waals surface area contributed by atoms with Crippen LogP contribution in [0.2, 0.25) is 0 Å². The van der Waals surface area contributed by atoms with E-state index in [-0.39, 0.29) is 12.1 Å².